The molecule has 0 radical (unpaired) electrons. The highest BCUT2D eigenvalue weighted by Crippen LogP contribution is 2.57. The normalized spacial score (nSPS) is 18.7. The molecule has 3 fully saturated rings. The van der Waals surface area contributed by atoms with Crippen LogP contribution in [0.15, 0.2) is 81.3 Å². The number of hydrogen-bond acceptors (Lipinski definition) is 10. The monoisotopic (exact) mass is 1120 g/mol. The number of allylic oxidation sites excluding steroid dienone is 2. The second-order valence-electron chi connectivity index (χ2n) is 21.2. The zero-order valence-corrected chi connectivity index (χ0v) is 46.2. The summed E-state index contributed by atoms with van der Waals surface area (Å²) in [6, 6.07) is 14.1. The molecular formula is C57H70BF2N11O8S. The molecule has 2 bridgehead atoms. The Kier molecular flexibility index (Phi) is 18.0. The molecule has 4 aromatic heterocycles. The summed E-state index contributed by atoms with van der Waals surface area (Å²) in [4.78, 5) is 98.6. The van der Waals surface area contributed by atoms with Gasteiger partial charge >= 0.3 is 12.7 Å². The summed E-state index contributed by atoms with van der Waals surface area (Å²) < 4.78 is 43.0. The van der Waals surface area contributed by atoms with E-state index in [0.29, 0.717) is 104 Å². The van der Waals surface area contributed by atoms with E-state index in [1.807, 2.05) is 31.4 Å². The van der Waals surface area contributed by atoms with Crippen molar-refractivity contribution >= 4 is 82.9 Å². The average Bonchev–Trinajstić information content (AvgIpc) is 4.49. The highest BCUT2D eigenvalue weighted by Gasteiger charge is 2.55. The number of rotatable bonds is 27. The first kappa shape index (κ1) is 57.0. The standard InChI is InChI=1S/C57H70BF2N11O8S/c1-3-34-68-51-50(52(76)69(35-4-2)55(68)78)66-53(67-51)56-23-26-57(27-24-56,28-25-56)54(77)65-33-32-64-48(74)22-31-63-47(73)21-30-62-46(72)10-6-5-7-29-61-49(75)38-79-43-18-12-39(13-19-43)11-14-40-15-16-41-37-42-17-20-44(45-9-8-36-80-45)71(42)58(59,60)70(40)41/h8-9,11-20,36-37H,3-7,10,21-35,38H2,1-2H3,(H,61,75)(H,62,72)(H,63,73)(H,64,74)(H,65,77)(H,66,67)/b14-11+. The Labute approximate surface area is 466 Å². The highest BCUT2D eigenvalue weighted by atomic mass is 32.1. The number of hydrogen-bond donors (Lipinski definition) is 6. The van der Waals surface area contributed by atoms with Crippen LogP contribution in [0.5, 0.6) is 5.75 Å². The van der Waals surface area contributed by atoms with Gasteiger partial charge in [-0.3, -0.25) is 37.9 Å². The second kappa shape index (κ2) is 25.2. The Bertz CT molecular complexity index is 3350. The third-order valence-electron chi connectivity index (χ3n) is 15.8. The van der Waals surface area contributed by atoms with Gasteiger partial charge < -0.3 is 53.9 Å². The predicted octanol–water partition coefficient (Wildman–Crippen LogP) is 5.98. The van der Waals surface area contributed by atoms with Crippen molar-refractivity contribution in [1.82, 2.24) is 50.2 Å². The van der Waals surface area contributed by atoms with Crippen LogP contribution in [-0.2, 0) is 42.5 Å². The van der Waals surface area contributed by atoms with Crippen molar-refractivity contribution in [3.63, 3.8) is 0 Å². The lowest BCUT2D eigenvalue weighted by Gasteiger charge is -2.51. The van der Waals surface area contributed by atoms with Crippen LogP contribution in [0, 0.1) is 5.41 Å². The summed E-state index contributed by atoms with van der Waals surface area (Å²) in [6.07, 6.45) is 16.6. The number of nitrogens with one attached hydrogen (secondary N) is 6. The van der Waals surface area contributed by atoms with E-state index in [1.54, 1.807) is 71.3 Å². The minimum atomic E-state index is -4.14. The number of carbonyl (C=O) groups is 5. The lowest BCUT2D eigenvalue weighted by atomic mass is 9.53. The number of halogens is 2. The van der Waals surface area contributed by atoms with Crippen LogP contribution in [0.4, 0.5) is 8.63 Å². The van der Waals surface area contributed by atoms with E-state index in [9.17, 15) is 33.6 Å². The first-order valence-corrected chi connectivity index (χ1v) is 28.9. The minimum Gasteiger partial charge on any atom is -0.484 e. The van der Waals surface area contributed by atoms with Gasteiger partial charge in [0.15, 0.2) is 23.7 Å². The van der Waals surface area contributed by atoms with Crippen molar-refractivity contribution in [2.24, 2.45) is 5.41 Å². The zero-order valence-electron chi connectivity index (χ0n) is 45.4. The molecule has 5 aromatic rings. The summed E-state index contributed by atoms with van der Waals surface area (Å²) in [6.45, 7) is 1.59. The number of aromatic amines is 1. The minimum absolute atomic E-state index is 0.0330. The van der Waals surface area contributed by atoms with Gasteiger partial charge in [0.2, 0.25) is 23.6 Å². The maximum absolute atomic E-state index is 16.1. The summed E-state index contributed by atoms with van der Waals surface area (Å²) in [5.74, 6) is 0.127. The number of unbranched alkanes of at least 4 members (excludes halogenated alkanes) is 2. The van der Waals surface area contributed by atoms with Gasteiger partial charge in [0.05, 0.1) is 4.88 Å². The number of H-pyrrole nitrogens is 1. The number of fused-ring (bicyclic) bond motifs is 6. The molecule has 5 aliphatic rings. The Morgan fingerprint density at radius 1 is 0.750 bits per heavy atom. The molecule has 3 saturated carbocycles. The average molecular weight is 1120 g/mol. The predicted molar refractivity (Wildman–Crippen MR) is 304 cm³/mol. The molecule has 424 valence electrons. The fourth-order valence-corrected chi connectivity index (χ4v) is 12.1. The van der Waals surface area contributed by atoms with E-state index < -0.39 is 12.4 Å². The molecule has 6 heterocycles. The molecule has 80 heavy (non-hydrogen) atoms. The number of imidazole rings is 1. The number of ether oxygens (including phenoxy) is 1. The number of amides is 5. The number of nitrogens with zero attached hydrogens (tertiary/aromatic N) is 5. The molecule has 0 unspecified atom stereocenters. The number of thiophene rings is 1. The molecule has 6 N–H and O–H groups in total. The van der Waals surface area contributed by atoms with Gasteiger partial charge in [0.1, 0.15) is 17.1 Å². The van der Waals surface area contributed by atoms with Crippen molar-refractivity contribution < 1.29 is 41.8 Å². The van der Waals surface area contributed by atoms with Crippen LogP contribution in [0.25, 0.3) is 29.4 Å². The largest absolute Gasteiger partial charge is 0.737 e. The lowest BCUT2D eigenvalue weighted by molar-refractivity contribution is -0.360. The molecule has 2 aliphatic heterocycles. The fourth-order valence-electron chi connectivity index (χ4n) is 11.4. The van der Waals surface area contributed by atoms with Crippen LogP contribution in [0.3, 0.4) is 0 Å². The molecular weight excluding hydrogens is 1050 g/mol. The van der Waals surface area contributed by atoms with Crippen LogP contribution in [0.1, 0.15) is 131 Å². The topological polar surface area (TPSA) is 235 Å². The van der Waals surface area contributed by atoms with Gasteiger partial charge in [-0.15, -0.1) is 11.3 Å². The Morgan fingerprint density at radius 2 is 1.41 bits per heavy atom. The summed E-state index contributed by atoms with van der Waals surface area (Å²) in [5.41, 5.74) is 1.80. The Morgan fingerprint density at radius 3 is 2.10 bits per heavy atom. The van der Waals surface area contributed by atoms with Crippen molar-refractivity contribution in [1.29, 1.82) is 0 Å². The number of carbonyl (C=O) groups excluding carboxylic acids is 5. The molecule has 0 saturated heterocycles. The van der Waals surface area contributed by atoms with Crippen molar-refractivity contribution in [2.75, 3.05) is 39.3 Å². The van der Waals surface area contributed by atoms with Gasteiger partial charge in [-0.2, -0.15) is 0 Å². The van der Waals surface area contributed by atoms with E-state index in [4.69, 9.17) is 9.72 Å². The molecule has 0 atom stereocenters. The maximum atomic E-state index is 16.1. The second-order valence-corrected chi connectivity index (χ2v) is 22.1. The smallest absolute Gasteiger partial charge is 0.484 e. The van der Waals surface area contributed by atoms with Gasteiger partial charge in [0, 0.05) is 106 Å². The third-order valence-corrected chi connectivity index (χ3v) is 16.7. The maximum Gasteiger partial charge on any atom is 0.737 e. The van der Waals surface area contributed by atoms with Gasteiger partial charge in [-0.25, -0.2) is 9.78 Å². The van der Waals surface area contributed by atoms with Crippen molar-refractivity contribution in [3.8, 4) is 5.75 Å². The fraction of sp³-hybridized carbons (Fsp3) is 0.456. The van der Waals surface area contributed by atoms with Crippen LogP contribution >= 0.6 is 11.3 Å². The molecule has 23 heteroatoms. The first-order chi connectivity index (χ1) is 38.6. The molecule has 1 aromatic carbocycles. The van der Waals surface area contributed by atoms with Gasteiger partial charge in [-0.05, 0) is 112 Å². The SMILES string of the molecule is CCCn1c(=O)c2[nH]c(C34CCC(C(=O)NCCNC(=O)CCNC(=O)CCNC(=O)CCCCCNC(=O)COc5ccc(/C=C/c6ccc7n6[B-](F)(F)[N+]6=C(c8cccs8)C=CC6=C7)cc5)(CC3)CC4)nc2n(CCC)c1=O. The van der Waals surface area contributed by atoms with Gasteiger partial charge in [-0.1, -0.05) is 44.5 Å². The number of aryl methyl sites for hydroxylation is 1. The van der Waals surface area contributed by atoms with E-state index in [2.05, 4.69) is 31.6 Å². The summed E-state index contributed by atoms with van der Waals surface area (Å²) in [5, 5.41) is 15.9. The van der Waals surface area contributed by atoms with Crippen LogP contribution in [-0.4, -0.2) is 110 Å². The Hall–Kier alpha value is -7.69. The Balaban J connectivity index is 0.582. The molecule has 19 nitrogen and oxygen atoms in total. The first-order valence-electron chi connectivity index (χ1n) is 28.0. The lowest BCUT2D eigenvalue weighted by Crippen LogP contribution is -2.52. The van der Waals surface area contributed by atoms with Crippen LogP contribution in [0.2, 0.25) is 0 Å². The van der Waals surface area contributed by atoms with E-state index >= 15 is 8.63 Å². The van der Waals surface area contributed by atoms with Crippen molar-refractivity contribution in [2.45, 2.75) is 122 Å². The zero-order chi connectivity index (χ0) is 56.4. The highest BCUT2D eigenvalue weighted by molar-refractivity contribution is 7.12. The van der Waals surface area contributed by atoms with Gasteiger partial charge in [0.25, 0.3) is 11.5 Å². The molecule has 3 aliphatic carbocycles. The molecule has 0 spiro atoms. The van der Waals surface area contributed by atoms with Crippen LogP contribution < -0.4 is 42.6 Å². The van der Waals surface area contributed by atoms with E-state index in [0.717, 1.165) is 50.9 Å². The number of aromatic nitrogens is 5. The molecule has 5 amide bonds. The summed E-state index contributed by atoms with van der Waals surface area (Å²) in [7, 11) is 0. The molecule has 10 rings (SSSR count). The van der Waals surface area contributed by atoms with E-state index in [1.165, 1.54) is 15.9 Å². The quantitative estimate of drug-likeness (QED) is 0.0268. The third kappa shape index (κ3) is 12.5. The summed E-state index contributed by atoms with van der Waals surface area (Å²) >= 11 is 1.42. The van der Waals surface area contributed by atoms with E-state index in [-0.39, 0.29) is 98.2 Å². The number of benzene rings is 1. The van der Waals surface area contributed by atoms with Crippen molar-refractivity contribution in [3.05, 3.63) is 120 Å².